The van der Waals surface area contributed by atoms with Crippen LogP contribution in [0.3, 0.4) is 0 Å². The van der Waals surface area contributed by atoms with Crippen LogP contribution in [0.1, 0.15) is 18.4 Å². The molecule has 1 aliphatic rings. The molecule has 0 unspecified atom stereocenters. The van der Waals surface area contributed by atoms with Crippen molar-refractivity contribution < 1.29 is 22.7 Å². The Labute approximate surface area is 182 Å². The van der Waals surface area contributed by atoms with Crippen molar-refractivity contribution in [2.24, 2.45) is 5.92 Å². The molecule has 1 aromatic carbocycles. The lowest BCUT2D eigenvalue weighted by molar-refractivity contribution is -0.152. The number of halogens is 1. The van der Waals surface area contributed by atoms with Crippen LogP contribution in [-0.2, 0) is 24.3 Å². The summed E-state index contributed by atoms with van der Waals surface area (Å²) >= 11 is 4.57. The minimum Gasteiger partial charge on any atom is -0.455 e. The molecule has 2 aromatic rings. The zero-order valence-corrected chi connectivity index (χ0v) is 19.0. The Hall–Kier alpha value is -1.75. The Kier molecular flexibility index (Phi) is 7.10. The van der Waals surface area contributed by atoms with Crippen LogP contribution in [0.4, 0.5) is 5.69 Å². The van der Waals surface area contributed by atoms with E-state index < -0.39 is 27.8 Å². The fourth-order valence-corrected chi connectivity index (χ4v) is 5.90. The molecule has 3 rings (SSSR count). The largest absolute Gasteiger partial charge is 0.455 e. The minimum absolute atomic E-state index is 0.254. The normalized spacial score (nSPS) is 15.8. The van der Waals surface area contributed by atoms with Crippen LogP contribution in [-0.4, -0.2) is 44.3 Å². The number of carbonyl (C=O) groups is 2. The van der Waals surface area contributed by atoms with E-state index in [9.17, 15) is 18.0 Å². The predicted octanol–water partition coefficient (Wildman–Crippen LogP) is 3.40. The third kappa shape index (κ3) is 5.44. The molecule has 0 bridgehead atoms. The number of piperidine rings is 1. The van der Waals surface area contributed by atoms with Crippen molar-refractivity contribution in [2.75, 3.05) is 25.0 Å². The van der Waals surface area contributed by atoms with Crippen LogP contribution >= 0.6 is 27.3 Å². The molecule has 29 heavy (non-hydrogen) atoms. The first-order valence-electron chi connectivity index (χ1n) is 9.03. The Balaban J connectivity index is 1.46. The molecule has 0 spiro atoms. The third-order valence-electron chi connectivity index (χ3n) is 4.66. The SMILES string of the molecule is Cc1cc(NC(=O)COC(=O)C2CCN(S(=O)(=O)c3cccs3)CC2)ccc1Br. The highest BCUT2D eigenvalue weighted by Gasteiger charge is 2.33. The van der Waals surface area contributed by atoms with Gasteiger partial charge in [-0.05, 0) is 55.0 Å². The summed E-state index contributed by atoms with van der Waals surface area (Å²) in [4.78, 5) is 24.3. The van der Waals surface area contributed by atoms with Gasteiger partial charge in [-0.3, -0.25) is 9.59 Å². The van der Waals surface area contributed by atoms with Crippen LogP contribution in [0.15, 0.2) is 44.4 Å². The Bertz CT molecular complexity index is 984. The van der Waals surface area contributed by atoms with Gasteiger partial charge in [0.15, 0.2) is 6.61 Å². The zero-order chi connectivity index (χ0) is 21.0. The van der Waals surface area contributed by atoms with Gasteiger partial charge in [0.25, 0.3) is 15.9 Å². The van der Waals surface area contributed by atoms with Gasteiger partial charge in [-0.2, -0.15) is 4.31 Å². The van der Waals surface area contributed by atoms with Crippen molar-refractivity contribution in [3.05, 3.63) is 45.7 Å². The van der Waals surface area contributed by atoms with Crippen LogP contribution in [0.25, 0.3) is 0 Å². The van der Waals surface area contributed by atoms with E-state index >= 15 is 0 Å². The quantitative estimate of drug-likeness (QED) is 0.613. The summed E-state index contributed by atoms with van der Waals surface area (Å²) in [5.74, 6) is -1.30. The first-order chi connectivity index (χ1) is 13.8. The number of aryl methyl sites for hydroxylation is 1. The lowest BCUT2D eigenvalue weighted by Crippen LogP contribution is -2.40. The van der Waals surface area contributed by atoms with Crippen molar-refractivity contribution in [1.29, 1.82) is 0 Å². The van der Waals surface area contributed by atoms with E-state index in [1.807, 2.05) is 19.1 Å². The third-order valence-corrected chi connectivity index (χ3v) is 8.83. The van der Waals surface area contributed by atoms with Crippen molar-refractivity contribution in [2.45, 2.75) is 24.0 Å². The number of thiophene rings is 1. The molecule has 156 valence electrons. The van der Waals surface area contributed by atoms with E-state index in [1.54, 1.807) is 23.6 Å². The van der Waals surface area contributed by atoms with Crippen LogP contribution in [0.2, 0.25) is 0 Å². The second-order valence-electron chi connectivity index (χ2n) is 6.73. The van der Waals surface area contributed by atoms with Gasteiger partial charge in [-0.25, -0.2) is 8.42 Å². The standard InChI is InChI=1S/C19H21BrN2O5S2/c1-13-11-15(4-5-16(13)20)21-17(23)12-27-19(24)14-6-8-22(9-7-14)29(25,26)18-3-2-10-28-18/h2-5,10-11,14H,6-9,12H2,1H3,(H,21,23). The van der Waals surface area contributed by atoms with Gasteiger partial charge >= 0.3 is 5.97 Å². The summed E-state index contributed by atoms with van der Waals surface area (Å²) in [6.07, 6.45) is 0.744. The number of nitrogens with zero attached hydrogens (tertiary/aromatic N) is 1. The van der Waals surface area contributed by atoms with Gasteiger partial charge in [0.1, 0.15) is 4.21 Å². The molecule has 0 atom stereocenters. The number of esters is 1. The topological polar surface area (TPSA) is 92.8 Å². The lowest BCUT2D eigenvalue weighted by atomic mass is 9.98. The van der Waals surface area contributed by atoms with Gasteiger partial charge < -0.3 is 10.1 Å². The minimum atomic E-state index is -3.50. The summed E-state index contributed by atoms with van der Waals surface area (Å²) in [5, 5.41) is 4.41. The number of benzene rings is 1. The average Bonchev–Trinajstić information content (AvgIpc) is 3.25. The fraction of sp³-hybridized carbons (Fsp3) is 0.368. The molecule has 1 aromatic heterocycles. The molecule has 1 saturated heterocycles. The van der Waals surface area contributed by atoms with Crippen LogP contribution in [0.5, 0.6) is 0 Å². The molecule has 1 N–H and O–H groups in total. The molecule has 1 fully saturated rings. The smallest absolute Gasteiger partial charge is 0.309 e. The number of hydrogen-bond donors (Lipinski definition) is 1. The van der Waals surface area contributed by atoms with Crippen LogP contribution in [0, 0.1) is 12.8 Å². The second kappa shape index (κ2) is 9.38. The van der Waals surface area contributed by atoms with E-state index in [1.165, 1.54) is 15.6 Å². The number of hydrogen-bond acceptors (Lipinski definition) is 6. The Morgan fingerprint density at radius 1 is 1.28 bits per heavy atom. The van der Waals surface area contributed by atoms with Gasteiger partial charge in [0.05, 0.1) is 5.92 Å². The number of rotatable bonds is 6. The van der Waals surface area contributed by atoms with Crippen LogP contribution < -0.4 is 5.32 Å². The van der Waals surface area contributed by atoms with E-state index in [2.05, 4.69) is 21.2 Å². The number of ether oxygens (including phenoxy) is 1. The summed E-state index contributed by atoms with van der Waals surface area (Å²) in [6.45, 7) is 2.04. The molecule has 0 radical (unpaired) electrons. The maximum Gasteiger partial charge on any atom is 0.309 e. The number of nitrogens with one attached hydrogen (secondary N) is 1. The van der Waals surface area contributed by atoms with Gasteiger partial charge in [0, 0.05) is 23.2 Å². The summed E-state index contributed by atoms with van der Waals surface area (Å²) in [6, 6.07) is 8.66. The average molecular weight is 501 g/mol. The Morgan fingerprint density at radius 2 is 2.00 bits per heavy atom. The van der Waals surface area contributed by atoms with Crippen molar-refractivity contribution in [3.8, 4) is 0 Å². The van der Waals surface area contributed by atoms with E-state index in [-0.39, 0.29) is 19.7 Å². The molecule has 0 saturated carbocycles. The molecular weight excluding hydrogens is 480 g/mol. The lowest BCUT2D eigenvalue weighted by Gasteiger charge is -2.29. The number of sulfonamides is 1. The van der Waals surface area contributed by atoms with E-state index in [4.69, 9.17) is 4.74 Å². The molecule has 7 nitrogen and oxygen atoms in total. The maximum atomic E-state index is 12.5. The fourth-order valence-electron chi connectivity index (χ4n) is 3.04. The molecular formula is C19H21BrN2O5S2. The van der Waals surface area contributed by atoms with Crippen molar-refractivity contribution in [1.82, 2.24) is 4.31 Å². The molecule has 1 aliphatic heterocycles. The predicted molar refractivity (Wildman–Crippen MR) is 114 cm³/mol. The van der Waals surface area contributed by atoms with Crippen molar-refractivity contribution in [3.63, 3.8) is 0 Å². The summed E-state index contributed by atoms with van der Waals surface area (Å²) in [5.41, 5.74) is 1.60. The van der Waals surface area contributed by atoms with Gasteiger partial charge in [-0.1, -0.05) is 22.0 Å². The molecule has 10 heteroatoms. The monoisotopic (exact) mass is 500 g/mol. The highest BCUT2D eigenvalue weighted by Crippen LogP contribution is 2.27. The highest BCUT2D eigenvalue weighted by molar-refractivity contribution is 9.10. The van der Waals surface area contributed by atoms with E-state index in [0.717, 1.165) is 10.0 Å². The first kappa shape index (κ1) is 21.9. The second-order valence-corrected chi connectivity index (χ2v) is 10.7. The van der Waals surface area contributed by atoms with Crippen molar-refractivity contribution >= 4 is 54.9 Å². The maximum absolute atomic E-state index is 12.5. The number of amides is 1. The summed E-state index contributed by atoms with van der Waals surface area (Å²) < 4.78 is 32.8. The highest BCUT2D eigenvalue weighted by atomic mass is 79.9. The zero-order valence-electron chi connectivity index (χ0n) is 15.8. The number of carbonyl (C=O) groups excluding carboxylic acids is 2. The molecule has 2 heterocycles. The first-order valence-corrected chi connectivity index (χ1v) is 12.1. The van der Waals surface area contributed by atoms with E-state index in [0.29, 0.717) is 22.7 Å². The van der Waals surface area contributed by atoms with Gasteiger partial charge in [-0.15, -0.1) is 11.3 Å². The Morgan fingerprint density at radius 3 is 2.62 bits per heavy atom. The summed E-state index contributed by atoms with van der Waals surface area (Å²) in [7, 11) is -3.50. The molecule has 1 amide bonds. The number of anilines is 1. The molecule has 0 aliphatic carbocycles. The van der Waals surface area contributed by atoms with Gasteiger partial charge in [0.2, 0.25) is 0 Å².